The third-order valence-electron chi connectivity index (χ3n) is 5.31. The van der Waals surface area contributed by atoms with Gasteiger partial charge >= 0.3 is 0 Å². The van der Waals surface area contributed by atoms with Crippen LogP contribution in [0.2, 0.25) is 5.02 Å². The maximum Gasteiger partial charge on any atom is 0.228 e. The van der Waals surface area contributed by atoms with Crippen LogP contribution in [0.1, 0.15) is 35.2 Å². The van der Waals surface area contributed by atoms with Crippen molar-refractivity contribution >= 4 is 40.4 Å². The number of rotatable bonds is 3. The molecular weight excluding hydrogens is 384 g/mol. The zero-order valence-electron chi connectivity index (χ0n) is 15.1. The van der Waals surface area contributed by atoms with E-state index in [1.54, 1.807) is 28.4 Å². The van der Waals surface area contributed by atoms with E-state index in [4.69, 9.17) is 11.6 Å². The summed E-state index contributed by atoms with van der Waals surface area (Å²) in [7, 11) is 0. The lowest BCUT2D eigenvalue weighted by molar-refractivity contribution is -0.136. The van der Waals surface area contributed by atoms with Gasteiger partial charge in [0.15, 0.2) is 0 Å². The van der Waals surface area contributed by atoms with Gasteiger partial charge in [0.1, 0.15) is 10.0 Å². The predicted molar refractivity (Wildman–Crippen MR) is 105 cm³/mol. The van der Waals surface area contributed by atoms with Crippen molar-refractivity contribution in [3.8, 4) is 0 Å². The zero-order valence-corrected chi connectivity index (χ0v) is 16.7. The molecule has 2 fully saturated rings. The molecule has 4 rings (SSSR count). The van der Waals surface area contributed by atoms with Crippen molar-refractivity contribution in [2.75, 3.05) is 24.5 Å². The second-order valence-corrected chi connectivity index (χ2v) is 8.79. The molecule has 0 radical (unpaired) electrons. The van der Waals surface area contributed by atoms with Gasteiger partial charge in [-0.15, -0.1) is 21.5 Å². The summed E-state index contributed by atoms with van der Waals surface area (Å²) in [6.07, 6.45) is 2.08. The SMILES string of the molecule is Cc1nnc(C2CCN(C(=O)C3CC(=O)N(c4ccc(Cl)cc4)C3)CC2)s1. The number of hydrogen-bond acceptors (Lipinski definition) is 5. The topological polar surface area (TPSA) is 66.4 Å². The van der Waals surface area contributed by atoms with E-state index in [9.17, 15) is 9.59 Å². The van der Waals surface area contributed by atoms with E-state index in [0.29, 0.717) is 30.6 Å². The largest absolute Gasteiger partial charge is 0.342 e. The summed E-state index contributed by atoms with van der Waals surface area (Å²) in [6, 6.07) is 7.17. The number of aromatic nitrogens is 2. The maximum atomic E-state index is 12.9. The number of benzene rings is 1. The minimum atomic E-state index is -0.270. The van der Waals surface area contributed by atoms with Crippen molar-refractivity contribution in [2.45, 2.75) is 32.1 Å². The van der Waals surface area contributed by atoms with Crippen LogP contribution in [0.5, 0.6) is 0 Å². The number of halogens is 1. The fourth-order valence-corrected chi connectivity index (χ4v) is 4.82. The van der Waals surface area contributed by atoms with Gasteiger partial charge in [-0.1, -0.05) is 11.6 Å². The van der Waals surface area contributed by atoms with E-state index in [1.807, 2.05) is 24.0 Å². The first-order valence-corrected chi connectivity index (χ1v) is 10.4. The second-order valence-electron chi connectivity index (χ2n) is 7.14. The van der Waals surface area contributed by atoms with Gasteiger partial charge in [-0.2, -0.15) is 0 Å². The number of hydrogen-bond donors (Lipinski definition) is 0. The average molecular weight is 405 g/mol. The lowest BCUT2D eigenvalue weighted by Gasteiger charge is -2.32. The summed E-state index contributed by atoms with van der Waals surface area (Å²) in [6.45, 7) is 3.83. The van der Waals surface area contributed by atoms with Gasteiger partial charge in [-0.05, 0) is 44.0 Å². The molecule has 27 heavy (non-hydrogen) atoms. The zero-order chi connectivity index (χ0) is 19.0. The summed E-state index contributed by atoms with van der Waals surface area (Å²) in [4.78, 5) is 28.9. The van der Waals surface area contributed by atoms with Crippen molar-refractivity contribution in [2.24, 2.45) is 5.92 Å². The molecule has 0 N–H and O–H groups in total. The summed E-state index contributed by atoms with van der Waals surface area (Å²) in [5, 5.41) is 11.0. The smallest absolute Gasteiger partial charge is 0.228 e. The number of piperidine rings is 1. The predicted octanol–water partition coefficient (Wildman–Crippen LogP) is 3.26. The summed E-state index contributed by atoms with van der Waals surface area (Å²) >= 11 is 7.56. The second kappa shape index (κ2) is 7.56. The summed E-state index contributed by atoms with van der Waals surface area (Å²) in [5.41, 5.74) is 0.796. The molecule has 142 valence electrons. The van der Waals surface area contributed by atoms with Gasteiger partial charge in [0, 0.05) is 42.7 Å². The molecule has 3 heterocycles. The number of likely N-dealkylation sites (tertiary alicyclic amines) is 1. The van der Waals surface area contributed by atoms with E-state index in [2.05, 4.69) is 10.2 Å². The van der Waals surface area contributed by atoms with Crippen LogP contribution < -0.4 is 4.90 Å². The van der Waals surface area contributed by atoms with Gasteiger partial charge in [0.05, 0.1) is 5.92 Å². The number of aryl methyl sites for hydroxylation is 1. The third kappa shape index (κ3) is 3.84. The summed E-state index contributed by atoms with van der Waals surface area (Å²) < 4.78 is 0. The monoisotopic (exact) mass is 404 g/mol. The Kier molecular flexibility index (Phi) is 5.14. The van der Waals surface area contributed by atoms with E-state index < -0.39 is 0 Å². The Balaban J connectivity index is 1.36. The van der Waals surface area contributed by atoms with Gasteiger partial charge in [0.25, 0.3) is 0 Å². The highest BCUT2D eigenvalue weighted by molar-refractivity contribution is 7.11. The van der Waals surface area contributed by atoms with Crippen LogP contribution in [-0.4, -0.2) is 46.5 Å². The molecule has 6 nitrogen and oxygen atoms in total. The van der Waals surface area contributed by atoms with Gasteiger partial charge < -0.3 is 9.80 Å². The molecule has 0 spiro atoms. The fourth-order valence-electron chi connectivity index (χ4n) is 3.83. The van der Waals surface area contributed by atoms with Gasteiger partial charge in [-0.3, -0.25) is 9.59 Å². The van der Waals surface area contributed by atoms with Crippen LogP contribution >= 0.6 is 22.9 Å². The lowest BCUT2D eigenvalue weighted by atomic mass is 9.96. The Morgan fingerprint density at radius 1 is 1.19 bits per heavy atom. The van der Waals surface area contributed by atoms with Gasteiger partial charge in [-0.25, -0.2) is 0 Å². The van der Waals surface area contributed by atoms with E-state index in [0.717, 1.165) is 28.5 Å². The van der Waals surface area contributed by atoms with Crippen molar-refractivity contribution in [3.63, 3.8) is 0 Å². The standard InChI is InChI=1S/C19H21ClN4O2S/c1-12-21-22-18(27-12)13-6-8-23(9-7-13)19(26)14-10-17(25)24(11-14)16-4-2-15(20)3-5-16/h2-5,13-14H,6-11H2,1H3. The molecule has 2 aliphatic heterocycles. The molecule has 1 unspecified atom stereocenters. The molecule has 2 aromatic rings. The molecular formula is C19H21ClN4O2S. The molecule has 0 aliphatic carbocycles. The third-order valence-corrected chi connectivity index (χ3v) is 6.56. The van der Waals surface area contributed by atoms with E-state index >= 15 is 0 Å². The quantitative estimate of drug-likeness (QED) is 0.787. The minimum absolute atomic E-state index is 0.00473. The summed E-state index contributed by atoms with van der Waals surface area (Å²) in [5.74, 6) is 0.200. The molecule has 2 saturated heterocycles. The first-order chi connectivity index (χ1) is 13.0. The van der Waals surface area contributed by atoms with Gasteiger partial charge in [0.2, 0.25) is 11.8 Å². The fraction of sp³-hybridized carbons (Fsp3) is 0.474. The van der Waals surface area contributed by atoms with Crippen LogP contribution in [-0.2, 0) is 9.59 Å². The molecule has 1 aromatic heterocycles. The lowest BCUT2D eigenvalue weighted by Crippen LogP contribution is -2.42. The Hall–Kier alpha value is -1.99. The van der Waals surface area contributed by atoms with Crippen molar-refractivity contribution in [1.82, 2.24) is 15.1 Å². The molecule has 0 bridgehead atoms. The van der Waals surface area contributed by atoms with E-state index in [-0.39, 0.29) is 24.2 Å². The highest BCUT2D eigenvalue weighted by Crippen LogP contribution is 2.32. The van der Waals surface area contributed by atoms with E-state index in [1.165, 1.54) is 0 Å². The van der Waals surface area contributed by atoms with Crippen molar-refractivity contribution < 1.29 is 9.59 Å². The van der Waals surface area contributed by atoms with Crippen LogP contribution in [0.25, 0.3) is 0 Å². The maximum absolute atomic E-state index is 12.9. The van der Waals surface area contributed by atoms with Crippen LogP contribution in [0.3, 0.4) is 0 Å². The molecule has 2 amide bonds. The Labute approximate surface area is 167 Å². The number of anilines is 1. The highest BCUT2D eigenvalue weighted by Gasteiger charge is 2.38. The first-order valence-electron chi connectivity index (χ1n) is 9.16. The normalized spacial score (nSPS) is 21.1. The number of amides is 2. The minimum Gasteiger partial charge on any atom is -0.342 e. The Bertz CT molecular complexity index is 846. The molecule has 1 aromatic carbocycles. The first kappa shape index (κ1) is 18.4. The Morgan fingerprint density at radius 3 is 2.52 bits per heavy atom. The Morgan fingerprint density at radius 2 is 1.89 bits per heavy atom. The highest BCUT2D eigenvalue weighted by atomic mass is 35.5. The number of carbonyl (C=O) groups excluding carboxylic acids is 2. The van der Waals surface area contributed by atoms with Crippen molar-refractivity contribution in [3.05, 3.63) is 39.3 Å². The van der Waals surface area contributed by atoms with Crippen LogP contribution in [0.15, 0.2) is 24.3 Å². The molecule has 8 heteroatoms. The average Bonchev–Trinajstić information content (AvgIpc) is 3.28. The molecule has 1 atom stereocenters. The number of nitrogens with zero attached hydrogens (tertiary/aromatic N) is 4. The molecule has 0 saturated carbocycles. The van der Waals surface area contributed by atoms with Crippen LogP contribution in [0.4, 0.5) is 5.69 Å². The molecule has 2 aliphatic rings. The van der Waals surface area contributed by atoms with Crippen LogP contribution in [0, 0.1) is 12.8 Å². The van der Waals surface area contributed by atoms with Crippen molar-refractivity contribution in [1.29, 1.82) is 0 Å². The number of carbonyl (C=O) groups is 2.